The zero-order valence-electron chi connectivity index (χ0n) is 10.9. The van der Waals surface area contributed by atoms with Crippen LogP contribution in [0.15, 0.2) is 30.5 Å². The second kappa shape index (κ2) is 6.59. The van der Waals surface area contributed by atoms with E-state index in [1.807, 2.05) is 30.5 Å². The second-order valence-corrected chi connectivity index (χ2v) is 4.57. The minimum atomic E-state index is -0.831. The van der Waals surface area contributed by atoms with Gasteiger partial charge in [-0.1, -0.05) is 25.1 Å². The number of benzene rings is 1. The predicted molar refractivity (Wildman–Crippen MR) is 78.8 cm³/mol. The molecule has 1 aromatic heterocycles. The molecular formula is C14H19ClN2O2. The fourth-order valence-corrected chi connectivity index (χ4v) is 2.19. The van der Waals surface area contributed by atoms with E-state index in [-0.39, 0.29) is 25.0 Å². The van der Waals surface area contributed by atoms with E-state index >= 15 is 0 Å². The number of halogens is 1. The number of aromatic nitrogens is 1. The van der Waals surface area contributed by atoms with Crippen LogP contribution in [0.25, 0.3) is 10.9 Å². The predicted octanol–water partition coefficient (Wildman–Crippen LogP) is 2.43. The molecule has 0 bridgehead atoms. The number of carboxylic acids is 1. The standard InChI is InChI=1S/C14H18N2O2.ClH/c1-2-11(15)7-10-8-16(9-14(17)18)13-6-4-3-5-12(10)13;/h3-6,8,11H,2,7,9,15H2,1H3,(H,17,18);1H. The van der Waals surface area contributed by atoms with Crippen molar-refractivity contribution in [2.24, 2.45) is 5.73 Å². The van der Waals surface area contributed by atoms with Gasteiger partial charge in [-0.05, 0) is 24.5 Å². The fraction of sp³-hybridized carbons (Fsp3) is 0.357. The van der Waals surface area contributed by atoms with Crippen molar-refractivity contribution in [3.63, 3.8) is 0 Å². The van der Waals surface area contributed by atoms with Gasteiger partial charge >= 0.3 is 5.97 Å². The van der Waals surface area contributed by atoms with Crippen molar-refractivity contribution in [1.82, 2.24) is 4.57 Å². The summed E-state index contributed by atoms with van der Waals surface area (Å²) in [6.07, 6.45) is 3.61. The highest BCUT2D eigenvalue weighted by molar-refractivity contribution is 5.85. The van der Waals surface area contributed by atoms with E-state index in [1.165, 1.54) is 0 Å². The third-order valence-corrected chi connectivity index (χ3v) is 3.18. The normalized spacial score (nSPS) is 12.1. The second-order valence-electron chi connectivity index (χ2n) is 4.57. The van der Waals surface area contributed by atoms with Gasteiger partial charge in [0.1, 0.15) is 6.54 Å². The Labute approximate surface area is 118 Å². The van der Waals surface area contributed by atoms with Crippen molar-refractivity contribution >= 4 is 29.3 Å². The topological polar surface area (TPSA) is 68.2 Å². The summed E-state index contributed by atoms with van der Waals surface area (Å²) in [4.78, 5) is 10.9. The van der Waals surface area contributed by atoms with Crippen LogP contribution in [0.1, 0.15) is 18.9 Å². The van der Waals surface area contributed by atoms with E-state index < -0.39 is 5.97 Å². The van der Waals surface area contributed by atoms with E-state index in [0.29, 0.717) is 0 Å². The molecule has 0 aliphatic rings. The van der Waals surface area contributed by atoms with Crippen molar-refractivity contribution in [3.05, 3.63) is 36.0 Å². The van der Waals surface area contributed by atoms with Gasteiger partial charge < -0.3 is 15.4 Å². The summed E-state index contributed by atoms with van der Waals surface area (Å²) in [6, 6.07) is 7.97. The van der Waals surface area contributed by atoms with Gasteiger partial charge in [-0.15, -0.1) is 12.4 Å². The highest BCUT2D eigenvalue weighted by atomic mass is 35.5. The molecule has 1 heterocycles. The number of rotatable bonds is 5. The molecule has 0 aliphatic carbocycles. The number of para-hydroxylation sites is 1. The molecule has 5 heteroatoms. The third-order valence-electron chi connectivity index (χ3n) is 3.18. The minimum absolute atomic E-state index is 0. The number of aliphatic carboxylic acids is 1. The Bertz CT molecular complexity index is 566. The maximum absolute atomic E-state index is 10.9. The number of carbonyl (C=O) groups is 1. The maximum Gasteiger partial charge on any atom is 0.323 e. The van der Waals surface area contributed by atoms with E-state index in [9.17, 15) is 4.79 Å². The highest BCUT2D eigenvalue weighted by Gasteiger charge is 2.12. The number of hydrogen-bond donors (Lipinski definition) is 2. The average Bonchev–Trinajstić information content (AvgIpc) is 2.67. The summed E-state index contributed by atoms with van der Waals surface area (Å²) in [6.45, 7) is 2.04. The first-order valence-corrected chi connectivity index (χ1v) is 6.16. The summed E-state index contributed by atoms with van der Waals surface area (Å²) in [5, 5.41) is 10.0. The lowest BCUT2D eigenvalue weighted by Gasteiger charge is -2.06. The summed E-state index contributed by atoms with van der Waals surface area (Å²) in [5.41, 5.74) is 8.06. The first-order valence-electron chi connectivity index (χ1n) is 6.16. The van der Waals surface area contributed by atoms with Crippen LogP contribution < -0.4 is 5.73 Å². The SMILES string of the molecule is CCC(N)Cc1cn(CC(=O)O)c2ccccc12.Cl. The Balaban J connectivity index is 0.00000180. The summed E-state index contributed by atoms with van der Waals surface area (Å²) < 4.78 is 1.77. The van der Waals surface area contributed by atoms with Crippen LogP contribution in [0.4, 0.5) is 0 Å². The quantitative estimate of drug-likeness (QED) is 0.885. The van der Waals surface area contributed by atoms with E-state index in [1.54, 1.807) is 4.57 Å². The molecule has 0 spiro atoms. The minimum Gasteiger partial charge on any atom is -0.480 e. The molecule has 4 nitrogen and oxygen atoms in total. The van der Waals surface area contributed by atoms with E-state index in [0.717, 1.165) is 29.3 Å². The van der Waals surface area contributed by atoms with Crippen molar-refractivity contribution in [2.45, 2.75) is 32.4 Å². The van der Waals surface area contributed by atoms with Crippen LogP contribution in [-0.4, -0.2) is 21.7 Å². The zero-order chi connectivity index (χ0) is 13.1. The van der Waals surface area contributed by atoms with Gasteiger partial charge in [0.15, 0.2) is 0 Å². The molecule has 1 unspecified atom stereocenters. The Morgan fingerprint density at radius 3 is 2.74 bits per heavy atom. The lowest BCUT2D eigenvalue weighted by atomic mass is 10.0. The Morgan fingerprint density at radius 2 is 2.11 bits per heavy atom. The van der Waals surface area contributed by atoms with Crippen LogP contribution >= 0.6 is 12.4 Å². The van der Waals surface area contributed by atoms with Crippen LogP contribution in [0.5, 0.6) is 0 Å². The van der Waals surface area contributed by atoms with Gasteiger partial charge in [0, 0.05) is 23.1 Å². The van der Waals surface area contributed by atoms with Crippen LogP contribution in [0.3, 0.4) is 0 Å². The monoisotopic (exact) mass is 282 g/mol. The summed E-state index contributed by atoms with van der Waals surface area (Å²) >= 11 is 0. The van der Waals surface area contributed by atoms with Gasteiger partial charge in [0.25, 0.3) is 0 Å². The van der Waals surface area contributed by atoms with E-state index in [2.05, 4.69) is 6.92 Å². The van der Waals surface area contributed by atoms with Gasteiger partial charge in [-0.25, -0.2) is 0 Å². The molecule has 104 valence electrons. The zero-order valence-corrected chi connectivity index (χ0v) is 11.7. The fourth-order valence-electron chi connectivity index (χ4n) is 2.19. The lowest BCUT2D eigenvalue weighted by molar-refractivity contribution is -0.137. The van der Waals surface area contributed by atoms with Crippen LogP contribution in [0.2, 0.25) is 0 Å². The first-order chi connectivity index (χ1) is 8.61. The Kier molecular flexibility index (Phi) is 5.39. The molecule has 0 radical (unpaired) electrons. The number of carboxylic acid groups (broad SMARTS) is 1. The first kappa shape index (κ1) is 15.5. The number of nitrogens with zero attached hydrogens (tertiary/aromatic N) is 1. The number of fused-ring (bicyclic) bond motifs is 1. The van der Waals surface area contributed by atoms with Crippen molar-refractivity contribution < 1.29 is 9.90 Å². The highest BCUT2D eigenvalue weighted by Crippen LogP contribution is 2.22. The third kappa shape index (κ3) is 3.49. The summed E-state index contributed by atoms with van der Waals surface area (Å²) in [7, 11) is 0. The Morgan fingerprint density at radius 1 is 1.42 bits per heavy atom. The molecule has 19 heavy (non-hydrogen) atoms. The van der Waals surface area contributed by atoms with Crippen LogP contribution in [0, 0.1) is 0 Å². The van der Waals surface area contributed by atoms with Crippen molar-refractivity contribution in [2.75, 3.05) is 0 Å². The van der Waals surface area contributed by atoms with Gasteiger partial charge in [0.05, 0.1) is 0 Å². The van der Waals surface area contributed by atoms with Crippen LogP contribution in [-0.2, 0) is 17.8 Å². The van der Waals surface area contributed by atoms with Gasteiger partial charge in [-0.3, -0.25) is 4.79 Å². The number of nitrogens with two attached hydrogens (primary N) is 1. The molecule has 3 N–H and O–H groups in total. The molecule has 0 saturated heterocycles. The molecule has 0 saturated carbocycles. The van der Waals surface area contributed by atoms with E-state index in [4.69, 9.17) is 10.8 Å². The molecule has 1 aromatic carbocycles. The molecule has 2 aromatic rings. The van der Waals surface area contributed by atoms with Crippen molar-refractivity contribution in [3.8, 4) is 0 Å². The van der Waals surface area contributed by atoms with Crippen molar-refractivity contribution in [1.29, 1.82) is 0 Å². The maximum atomic E-state index is 10.9. The average molecular weight is 283 g/mol. The van der Waals surface area contributed by atoms with Gasteiger partial charge in [-0.2, -0.15) is 0 Å². The molecule has 0 amide bonds. The molecule has 1 atom stereocenters. The number of hydrogen-bond acceptors (Lipinski definition) is 2. The molecule has 0 aliphatic heterocycles. The Hall–Kier alpha value is -1.52. The molecule has 0 fully saturated rings. The van der Waals surface area contributed by atoms with Gasteiger partial charge in [0.2, 0.25) is 0 Å². The largest absolute Gasteiger partial charge is 0.480 e. The summed E-state index contributed by atoms with van der Waals surface area (Å²) in [5.74, 6) is -0.831. The smallest absolute Gasteiger partial charge is 0.323 e. The molecular weight excluding hydrogens is 264 g/mol. The molecule has 2 rings (SSSR count). The lowest BCUT2D eigenvalue weighted by Crippen LogP contribution is -2.21.